The Balaban J connectivity index is 1.73. The van der Waals surface area contributed by atoms with Gasteiger partial charge in [0.1, 0.15) is 0 Å². The van der Waals surface area contributed by atoms with Crippen LogP contribution in [0, 0.1) is 0 Å². The van der Waals surface area contributed by atoms with E-state index in [2.05, 4.69) is 23.6 Å². The van der Waals surface area contributed by atoms with E-state index in [0.717, 1.165) is 19.0 Å². The van der Waals surface area contributed by atoms with Crippen LogP contribution in [0.1, 0.15) is 33.1 Å². The standard InChI is InChI=1S/C12H25N3/c1-3-12(2,13)10-14-6-8-15(9-7-14)11-4-5-11/h11H,3-10,13H2,1-2H3. The third-order valence-corrected chi connectivity index (χ3v) is 3.86. The van der Waals surface area contributed by atoms with Gasteiger partial charge >= 0.3 is 0 Å². The summed E-state index contributed by atoms with van der Waals surface area (Å²) in [7, 11) is 0. The number of nitrogens with zero attached hydrogens (tertiary/aromatic N) is 2. The molecule has 1 unspecified atom stereocenters. The number of piperazine rings is 1. The molecule has 3 heteroatoms. The average Bonchev–Trinajstić information content (AvgIpc) is 3.02. The third-order valence-electron chi connectivity index (χ3n) is 3.86. The summed E-state index contributed by atoms with van der Waals surface area (Å²) in [5.41, 5.74) is 6.20. The van der Waals surface area contributed by atoms with Crippen molar-refractivity contribution in [2.75, 3.05) is 32.7 Å². The maximum atomic E-state index is 6.20. The van der Waals surface area contributed by atoms with E-state index in [0.29, 0.717) is 0 Å². The van der Waals surface area contributed by atoms with Crippen molar-refractivity contribution >= 4 is 0 Å². The van der Waals surface area contributed by atoms with Crippen molar-refractivity contribution in [3.05, 3.63) is 0 Å². The second kappa shape index (κ2) is 4.40. The lowest BCUT2D eigenvalue weighted by molar-refractivity contribution is 0.107. The average molecular weight is 211 g/mol. The van der Waals surface area contributed by atoms with Gasteiger partial charge in [-0.3, -0.25) is 9.80 Å². The van der Waals surface area contributed by atoms with Crippen LogP contribution in [0.15, 0.2) is 0 Å². The lowest BCUT2D eigenvalue weighted by Gasteiger charge is -2.38. The van der Waals surface area contributed by atoms with Crippen LogP contribution in [0.25, 0.3) is 0 Å². The third kappa shape index (κ3) is 3.16. The van der Waals surface area contributed by atoms with Crippen LogP contribution in [0.3, 0.4) is 0 Å². The van der Waals surface area contributed by atoms with Gasteiger partial charge in [0.2, 0.25) is 0 Å². The van der Waals surface area contributed by atoms with Gasteiger partial charge in [-0.25, -0.2) is 0 Å². The van der Waals surface area contributed by atoms with E-state index in [9.17, 15) is 0 Å². The van der Waals surface area contributed by atoms with Crippen LogP contribution < -0.4 is 5.73 Å². The van der Waals surface area contributed by atoms with E-state index in [1.54, 1.807) is 0 Å². The van der Waals surface area contributed by atoms with Crippen molar-refractivity contribution in [3.63, 3.8) is 0 Å². The first-order chi connectivity index (χ1) is 7.11. The molecule has 1 saturated carbocycles. The Morgan fingerprint density at radius 2 is 1.80 bits per heavy atom. The van der Waals surface area contributed by atoms with E-state index in [1.165, 1.54) is 39.0 Å². The molecule has 3 nitrogen and oxygen atoms in total. The van der Waals surface area contributed by atoms with Crippen molar-refractivity contribution in [2.24, 2.45) is 5.73 Å². The first-order valence-electron chi connectivity index (χ1n) is 6.36. The molecule has 0 amide bonds. The van der Waals surface area contributed by atoms with Crippen LogP contribution in [0.5, 0.6) is 0 Å². The monoisotopic (exact) mass is 211 g/mol. The molecule has 2 aliphatic rings. The van der Waals surface area contributed by atoms with Gasteiger partial charge in [0.05, 0.1) is 0 Å². The molecule has 2 N–H and O–H groups in total. The molecule has 1 saturated heterocycles. The fourth-order valence-corrected chi connectivity index (χ4v) is 2.35. The Morgan fingerprint density at radius 3 is 2.27 bits per heavy atom. The number of rotatable bonds is 4. The zero-order valence-electron chi connectivity index (χ0n) is 10.2. The van der Waals surface area contributed by atoms with Crippen molar-refractivity contribution in [3.8, 4) is 0 Å². The molecule has 2 fully saturated rings. The second-order valence-corrected chi connectivity index (χ2v) is 5.55. The maximum Gasteiger partial charge on any atom is 0.0252 e. The topological polar surface area (TPSA) is 32.5 Å². The Labute approximate surface area is 93.6 Å². The minimum absolute atomic E-state index is 0.00174. The largest absolute Gasteiger partial charge is 0.324 e. The molecule has 0 bridgehead atoms. The van der Waals surface area contributed by atoms with Crippen LogP contribution in [0.2, 0.25) is 0 Å². The van der Waals surface area contributed by atoms with Gasteiger partial charge < -0.3 is 5.73 Å². The molecule has 1 atom stereocenters. The Bertz CT molecular complexity index is 203. The van der Waals surface area contributed by atoms with E-state index in [-0.39, 0.29) is 5.54 Å². The lowest BCUT2D eigenvalue weighted by Crippen LogP contribution is -2.54. The molecular formula is C12H25N3. The summed E-state index contributed by atoms with van der Waals surface area (Å²) in [6, 6.07) is 0.933. The van der Waals surface area contributed by atoms with Crippen molar-refractivity contribution < 1.29 is 0 Å². The predicted molar refractivity (Wildman–Crippen MR) is 63.9 cm³/mol. The Hall–Kier alpha value is -0.120. The van der Waals surface area contributed by atoms with Gasteiger partial charge in [0.15, 0.2) is 0 Å². The molecule has 2 rings (SSSR count). The van der Waals surface area contributed by atoms with Crippen LogP contribution >= 0.6 is 0 Å². The fourth-order valence-electron chi connectivity index (χ4n) is 2.35. The number of hydrogen-bond acceptors (Lipinski definition) is 3. The van der Waals surface area contributed by atoms with Gasteiger partial charge in [0, 0.05) is 44.3 Å². The highest BCUT2D eigenvalue weighted by Crippen LogP contribution is 2.27. The molecule has 1 aliphatic heterocycles. The first kappa shape index (κ1) is 11.4. The highest BCUT2D eigenvalue weighted by atomic mass is 15.3. The molecule has 15 heavy (non-hydrogen) atoms. The molecule has 88 valence electrons. The van der Waals surface area contributed by atoms with E-state index < -0.39 is 0 Å². The minimum atomic E-state index is 0.00174. The minimum Gasteiger partial charge on any atom is -0.324 e. The molecule has 0 aromatic rings. The van der Waals surface area contributed by atoms with Crippen LogP contribution in [-0.2, 0) is 0 Å². The van der Waals surface area contributed by atoms with Crippen molar-refractivity contribution in [1.82, 2.24) is 9.80 Å². The quantitative estimate of drug-likeness (QED) is 0.750. The Kier molecular flexibility index (Phi) is 3.33. The van der Waals surface area contributed by atoms with Crippen molar-refractivity contribution in [1.29, 1.82) is 0 Å². The molecule has 0 aromatic carbocycles. The SMILES string of the molecule is CCC(C)(N)CN1CCN(C2CC2)CC1. The highest BCUT2D eigenvalue weighted by Gasteiger charge is 2.32. The van der Waals surface area contributed by atoms with Gasteiger partial charge in [0.25, 0.3) is 0 Å². The normalized spacial score (nSPS) is 29.0. The van der Waals surface area contributed by atoms with E-state index >= 15 is 0 Å². The summed E-state index contributed by atoms with van der Waals surface area (Å²) in [4.78, 5) is 5.18. The summed E-state index contributed by atoms with van der Waals surface area (Å²) < 4.78 is 0. The molecule has 1 heterocycles. The Morgan fingerprint density at radius 1 is 1.20 bits per heavy atom. The molecular weight excluding hydrogens is 186 g/mol. The maximum absolute atomic E-state index is 6.20. The molecule has 0 radical (unpaired) electrons. The molecule has 0 aromatic heterocycles. The van der Waals surface area contributed by atoms with Crippen LogP contribution in [0.4, 0.5) is 0 Å². The van der Waals surface area contributed by atoms with Crippen molar-refractivity contribution in [2.45, 2.75) is 44.7 Å². The number of hydrogen-bond donors (Lipinski definition) is 1. The smallest absolute Gasteiger partial charge is 0.0252 e. The van der Waals surface area contributed by atoms with Gasteiger partial charge in [-0.1, -0.05) is 6.92 Å². The predicted octanol–water partition coefficient (Wildman–Crippen LogP) is 0.894. The van der Waals surface area contributed by atoms with Gasteiger partial charge in [-0.15, -0.1) is 0 Å². The van der Waals surface area contributed by atoms with Gasteiger partial charge in [-0.2, -0.15) is 0 Å². The zero-order valence-corrected chi connectivity index (χ0v) is 10.2. The van der Waals surface area contributed by atoms with Crippen LogP contribution in [-0.4, -0.2) is 54.1 Å². The molecule has 0 spiro atoms. The zero-order chi connectivity index (χ0) is 10.9. The van der Waals surface area contributed by atoms with Gasteiger partial charge in [-0.05, 0) is 26.2 Å². The summed E-state index contributed by atoms with van der Waals surface area (Å²) in [5, 5.41) is 0. The number of nitrogens with two attached hydrogens (primary N) is 1. The second-order valence-electron chi connectivity index (χ2n) is 5.55. The lowest BCUT2D eigenvalue weighted by atomic mass is 9.99. The summed E-state index contributed by atoms with van der Waals surface area (Å²) >= 11 is 0. The summed E-state index contributed by atoms with van der Waals surface area (Å²) in [6.45, 7) is 10.3. The molecule has 1 aliphatic carbocycles. The fraction of sp³-hybridized carbons (Fsp3) is 1.00. The summed E-state index contributed by atoms with van der Waals surface area (Å²) in [5.74, 6) is 0. The van der Waals surface area contributed by atoms with E-state index in [4.69, 9.17) is 5.73 Å². The summed E-state index contributed by atoms with van der Waals surface area (Å²) in [6.07, 6.45) is 3.93. The van der Waals surface area contributed by atoms with E-state index in [1.807, 2.05) is 0 Å². The first-order valence-corrected chi connectivity index (χ1v) is 6.36. The highest BCUT2D eigenvalue weighted by molar-refractivity contribution is 4.89.